The Morgan fingerprint density at radius 1 is 1.08 bits per heavy atom. The van der Waals surface area contributed by atoms with E-state index in [1.165, 1.54) is 0 Å². The molecule has 1 amide bonds. The average Bonchev–Trinajstić information content (AvgIpc) is 3.28. The number of benzene rings is 2. The highest BCUT2D eigenvalue weighted by atomic mass is 16.4. The lowest BCUT2D eigenvalue weighted by molar-refractivity contribution is -0.130. The topological polar surface area (TPSA) is 62.5 Å². The summed E-state index contributed by atoms with van der Waals surface area (Å²) in [7, 11) is 0. The van der Waals surface area contributed by atoms with Crippen LogP contribution in [-0.4, -0.2) is 51.6 Å². The summed E-state index contributed by atoms with van der Waals surface area (Å²) in [5.74, 6) is 1.49. The molecule has 1 aromatic heterocycles. The van der Waals surface area contributed by atoms with Crippen molar-refractivity contribution in [2.45, 2.75) is 25.4 Å². The van der Waals surface area contributed by atoms with Crippen molar-refractivity contribution in [2.24, 2.45) is 0 Å². The lowest BCUT2D eigenvalue weighted by Crippen LogP contribution is -2.50. The molecule has 0 N–H and O–H groups in total. The lowest BCUT2D eigenvalue weighted by Gasteiger charge is -2.36. The molecule has 1 atom stereocenters. The van der Waals surface area contributed by atoms with E-state index < -0.39 is 0 Å². The van der Waals surface area contributed by atoms with Crippen LogP contribution in [-0.2, 0) is 11.3 Å². The van der Waals surface area contributed by atoms with Gasteiger partial charge in [-0.05, 0) is 23.3 Å². The molecule has 1 unspecified atom stereocenters. The van der Waals surface area contributed by atoms with Crippen molar-refractivity contribution in [3.63, 3.8) is 0 Å². The van der Waals surface area contributed by atoms with Crippen molar-refractivity contribution >= 4 is 16.7 Å². The van der Waals surface area contributed by atoms with Crippen molar-refractivity contribution in [2.75, 3.05) is 19.6 Å². The Morgan fingerprint density at radius 3 is 2.92 bits per heavy atom. The number of carbonyl (C=O) groups excluding carboxylic acids is 1. The zero-order valence-corrected chi connectivity index (χ0v) is 14.5. The van der Waals surface area contributed by atoms with E-state index in [1.54, 1.807) is 0 Å². The third kappa shape index (κ3) is 2.66. The molecule has 5 rings (SSSR count). The Kier molecular flexibility index (Phi) is 3.71. The predicted octanol–water partition coefficient (Wildman–Crippen LogP) is 2.70. The van der Waals surface area contributed by atoms with Gasteiger partial charge < -0.3 is 9.32 Å². The number of hydrogen-bond acceptors (Lipinski definition) is 5. The first-order valence-electron chi connectivity index (χ1n) is 9.10. The van der Waals surface area contributed by atoms with Gasteiger partial charge >= 0.3 is 0 Å². The molecule has 0 aliphatic carbocycles. The van der Waals surface area contributed by atoms with Crippen molar-refractivity contribution < 1.29 is 9.21 Å². The molecule has 0 bridgehead atoms. The van der Waals surface area contributed by atoms with E-state index in [1.807, 2.05) is 29.2 Å². The predicted molar refractivity (Wildman–Crippen MR) is 97.3 cm³/mol. The van der Waals surface area contributed by atoms with E-state index in [9.17, 15) is 4.79 Å². The van der Waals surface area contributed by atoms with Crippen LogP contribution in [0.3, 0.4) is 0 Å². The van der Waals surface area contributed by atoms with Crippen LogP contribution in [0, 0.1) is 0 Å². The fraction of sp³-hybridized carbons (Fsp3) is 0.350. The highest BCUT2D eigenvalue weighted by molar-refractivity contribution is 5.94. The Morgan fingerprint density at radius 2 is 1.96 bits per heavy atom. The van der Waals surface area contributed by atoms with Gasteiger partial charge in [0, 0.05) is 37.7 Å². The van der Waals surface area contributed by atoms with Crippen LogP contribution in [0.1, 0.15) is 18.7 Å². The van der Waals surface area contributed by atoms with Gasteiger partial charge in [0.15, 0.2) is 0 Å². The number of nitrogens with zero attached hydrogens (tertiary/aromatic N) is 4. The van der Waals surface area contributed by atoms with Gasteiger partial charge in [0.1, 0.15) is 0 Å². The number of carbonyl (C=O) groups is 1. The van der Waals surface area contributed by atoms with E-state index in [0.29, 0.717) is 36.7 Å². The highest BCUT2D eigenvalue weighted by Gasteiger charge is 2.35. The summed E-state index contributed by atoms with van der Waals surface area (Å²) in [5, 5.41) is 10.8. The first-order valence-corrected chi connectivity index (χ1v) is 9.10. The summed E-state index contributed by atoms with van der Waals surface area (Å²) in [6.07, 6.45) is 1.64. The van der Waals surface area contributed by atoms with Crippen LogP contribution in [0.2, 0.25) is 0 Å². The minimum Gasteiger partial charge on any atom is -0.419 e. The molecule has 2 saturated heterocycles. The molecular weight excluding hydrogens is 328 g/mol. The van der Waals surface area contributed by atoms with E-state index >= 15 is 0 Å². The maximum absolute atomic E-state index is 11.8. The molecule has 6 heteroatoms. The van der Waals surface area contributed by atoms with E-state index in [0.717, 1.165) is 42.4 Å². The molecule has 0 saturated carbocycles. The smallest absolute Gasteiger partial charge is 0.248 e. The Hall–Kier alpha value is -2.73. The molecule has 0 radical (unpaired) electrons. The minimum atomic E-state index is 0.297. The van der Waals surface area contributed by atoms with E-state index in [4.69, 9.17) is 4.42 Å². The second-order valence-corrected chi connectivity index (χ2v) is 7.04. The summed E-state index contributed by atoms with van der Waals surface area (Å²) in [4.78, 5) is 16.1. The third-order valence-electron chi connectivity index (χ3n) is 5.42. The summed E-state index contributed by atoms with van der Waals surface area (Å²) < 4.78 is 5.97. The minimum absolute atomic E-state index is 0.297. The van der Waals surface area contributed by atoms with Crippen LogP contribution < -0.4 is 0 Å². The first-order chi connectivity index (χ1) is 12.8. The van der Waals surface area contributed by atoms with Gasteiger partial charge in [-0.3, -0.25) is 9.69 Å². The molecule has 2 fully saturated rings. The molecule has 2 aromatic carbocycles. The lowest BCUT2D eigenvalue weighted by atomic mass is 10.0. The largest absolute Gasteiger partial charge is 0.419 e. The second-order valence-electron chi connectivity index (χ2n) is 7.04. The van der Waals surface area contributed by atoms with E-state index in [-0.39, 0.29) is 0 Å². The summed E-state index contributed by atoms with van der Waals surface area (Å²) in [5.41, 5.74) is 0.966. The summed E-state index contributed by atoms with van der Waals surface area (Å²) in [6, 6.07) is 14.7. The van der Waals surface area contributed by atoms with Crippen molar-refractivity contribution in [3.05, 3.63) is 48.4 Å². The standard InChI is InChI=1S/C20H20N4O2/c25-19-9-8-15-12-23(10-11-24(15)19)13-18-21-22-20(26-18)17-7-3-5-14-4-1-2-6-16(14)17/h1-7,15H,8-13H2. The van der Waals surface area contributed by atoms with Gasteiger partial charge in [-0.2, -0.15) is 0 Å². The van der Waals surface area contributed by atoms with Gasteiger partial charge in [-0.25, -0.2) is 0 Å². The third-order valence-corrected chi connectivity index (χ3v) is 5.42. The van der Waals surface area contributed by atoms with Gasteiger partial charge in [0.05, 0.1) is 6.54 Å². The van der Waals surface area contributed by atoms with Crippen LogP contribution in [0.15, 0.2) is 46.9 Å². The fourth-order valence-corrected chi connectivity index (χ4v) is 4.10. The van der Waals surface area contributed by atoms with Crippen molar-refractivity contribution in [1.82, 2.24) is 20.0 Å². The van der Waals surface area contributed by atoms with Gasteiger partial charge in [-0.1, -0.05) is 36.4 Å². The Balaban J connectivity index is 1.35. The molecule has 2 aliphatic heterocycles. The molecule has 6 nitrogen and oxygen atoms in total. The highest BCUT2D eigenvalue weighted by Crippen LogP contribution is 2.28. The Bertz CT molecular complexity index is 962. The number of fused-ring (bicyclic) bond motifs is 2. The molecule has 3 heterocycles. The molecule has 2 aliphatic rings. The zero-order valence-electron chi connectivity index (χ0n) is 14.5. The summed E-state index contributed by atoms with van der Waals surface area (Å²) in [6.45, 7) is 3.18. The van der Waals surface area contributed by atoms with Crippen LogP contribution >= 0.6 is 0 Å². The SMILES string of the molecule is O=C1CCC2CN(Cc3nnc(-c4cccc5ccccc45)o3)CCN12. The molecular formula is C20H20N4O2. The molecule has 26 heavy (non-hydrogen) atoms. The van der Waals surface area contributed by atoms with Crippen LogP contribution in [0.4, 0.5) is 0 Å². The van der Waals surface area contributed by atoms with Crippen LogP contribution in [0.25, 0.3) is 22.2 Å². The Labute approximate surface area is 151 Å². The normalized spacial score (nSPS) is 20.7. The zero-order chi connectivity index (χ0) is 17.5. The molecule has 3 aromatic rings. The van der Waals surface area contributed by atoms with Crippen molar-refractivity contribution in [1.29, 1.82) is 0 Å². The van der Waals surface area contributed by atoms with Crippen molar-refractivity contribution in [3.8, 4) is 11.5 Å². The van der Waals surface area contributed by atoms with Gasteiger partial charge in [-0.15, -0.1) is 10.2 Å². The second kappa shape index (κ2) is 6.21. The number of amides is 1. The maximum atomic E-state index is 11.8. The van der Waals surface area contributed by atoms with Gasteiger partial charge in [0.25, 0.3) is 0 Å². The maximum Gasteiger partial charge on any atom is 0.248 e. The number of rotatable bonds is 3. The number of piperazine rings is 1. The fourth-order valence-electron chi connectivity index (χ4n) is 4.10. The summed E-state index contributed by atoms with van der Waals surface area (Å²) >= 11 is 0. The quantitative estimate of drug-likeness (QED) is 0.728. The monoisotopic (exact) mass is 348 g/mol. The number of aromatic nitrogens is 2. The first kappa shape index (κ1) is 15.5. The van der Waals surface area contributed by atoms with Gasteiger partial charge in [0.2, 0.25) is 17.7 Å². The van der Waals surface area contributed by atoms with Crippen LogP contribution in [0.5, 0.6) is 0 Å². The molecule has 0 spiro atoms. The number of hydrogen-bond donors (Lipinski definition) is 0. The van der Waals surface area contributed by atoms with E-state index in [2.05, 4.69) is 33.3 Å². The molecule has 132 valence electrons. The average molecular weight is 348 g/mol.